The van der Waals surface area contributed by atoms with Gasteiger partial charge in [-0.3, -0.25) is 0 Å². The van der Waals surface area contributed by atoms with Gasteiger partial charge in [0.15, 0.2) is 17.5 Å². The minimum absolute atomic E-state index is 0.438. The van der Waals surface area contributed by atoms with Crippen LogP contribution in [0.15, 0.2) is 48.5 Å². The first-order valence-electron chi connectivity index (χ1n) is 8.10. The maximum Gasteiger partial charge on any atom is 0.160 e. The van der Waals surface area contributed by atoms with Crippen LogP contribution in [0.25, 0.3) is 16.5 Å². The molecule has 126 valence electrons. The van der Waals surface area contributed by atoms with Crippen molar-refractivity contribution in [3.05, 3.63) is 66.0 Å². The Labute approximate surface area is 143 Å². The van der Waals surface area contributed by atoms with Crippen molar-refractivity contribution >= 4 is 28.0 Å². The van der Waals surface area contributed by atoms with Gasteiger partial charge in [-0.1, -0.05) is 18.2 Å². The van der Waals surface area contributed by atoms with Gasteiger partial charge in [0.2, 0.25) is 0 Å². The van der Waals surface area contributed by atoms with Gasteiger partial charge in [0.25, 0.3) is 0 Å². The molecule has 1 aliphatic heterocycles. The highest BCUT2D eigenvalue weighted by Crippen LogP contribution is 2.27. The van der Waals surface area contributed by atoms with Crippen LogP contribution in [0.3, 0.4) is 0 Å². The zero-order valence-corrected chi connectivity index (χ0v) is 13.4. The van der Waals surface area contributed by atoms with Gasteiger partial charge < -0.3 is 10.6 Å². The Morgan fingerprint density at radius 2 is 1.88 bits per heavy atom. The van der Waals surface area contributed by atoms with E-state index in [0.717, 1.165) is 48.1 Å². The number of nitrogens with zero attached hydrogens (tertiary/aromatic N) is 2. The molecule has 3 aromatic rings. The minimum Gasteiger partial charge on any atom is -0.340 e. The van der Waals surface area contributed by atoms with Crippen molar-refractivity contribution in [1.82, 2.24) is 15.3 Å². The van der Waals surface area contributed by atoms with Crippen molar-refractivity contribution in [3.63, 3.8) is 0 Å². The van der Waals surface area contributed by atoms with E-state index in [4.69, 9.17) is 0 Å². The van der Waals surface area contributed by atoms with Gasteiger partial charge in [0.1, 0.15) is 5.82 Å². The molecule has 4 rings (SSSR count). The number of benzene rings is 2. The summed E-state index contributed by atoms with van der Waals surface area (Å²) in [4.78, 5) is 9.29. The molecule has 1 aliphatic rings. The highest BCUT2D eigenvalue weighted by Gasteiger charge is 2.13. The predicted octanol–water partition coefficient (Wildman–Crippen LogP) is 4.03. The van der Waals surface area contributed by atoms with E-state index in [1.807, 2.05) is 24.3 Å². The number of anilines is 2. The Balaban J connectivity index is 1.80. The van der Waals surface area contributed by atoms with Gasteiger partial charge >= 0.3 is 0 Å². The van der Waals surface area contributed by atoms with Crippen LogP contribution in [0.2, 0.25) is 0 Å². The summed E-state index contributed by atoms with van der Waals surface area (Å²) in [5, 5.41) is 7.18. The van der Waals surface area contributed by atoms with Crippen LogP contribution in [0.1, 0.15) is 12.2 Å². The standard InChI is InChI=1S/C19H16F2N4/c20-15-6-5-13(11-16(15)21)23-19-14-3-1-2-4-17(14)24-18(25-19)12-7-9-22-10-8-12/h1-7,11,22H,8-10H2,(H,23,24,25). The van der Waals surface area contributed by atoms with Crippen molar-refractivity contribution < 1.29 is 8.78 Å². The fourth-order valence-corrected chi connectivity index (χ4v) is 2.85. The van der Waals surface area contributed by atoms with Gasteiger partial charge in [0, 0.05) is 23.7 Å². The average Bonchev–Trinajstić information content (AvgIpc) is 2.65. The normalized spacial score (nSPS) is 14.4. The first-order chi connectivity index (χ1) is 12.2. The fourth-order valence-electron chi connectivity index (χ4n) is 2.85. The van der Waals surface area contributed by atoms with Crippen molar-refractivity contribution in [1.29, 1.82) is 0 Å². The Kier molecular flexibility index (Phi) is 4.11. The van der Waals surface area contributed by atoms with Crippen LogP contribution in [-0.4, -0.2) is 23.1 Å². The van der Waals surface area contributed by atoms with Gasteiger partial charge in [-0.2, -0.15) is 0 Å². The summed E-state index contributed by atoms with van der Waals surface area (Å²) >= 11 is 0. The van der Waals surface area contributed by atoms with E-state index in [1.165, 1.54) is 6.07 Å². The topological polar surface area (TPSA) is 49.8 Å². The predicted molar refractivity (Wildman–Crippen MR) is 94.6 cm³/mol. The molecule has 4 nitrogen and oxygen atoms in total. The molecule has 6 heteroatoms. The number of aromatic nitrogens is 2. The molecule has 0 bridgehead atoms. The zero-order valence-electron chi connectivity index (χ0n) is 13.4. The molecule has 0 amide bonds. The van der Waals surface area contributed by atoms with Crippen LogP contribution in [0, 0.1) is 11.6 Å². The van der Waals surface area contributed by atoms with Gasteiger partial charge in [-0.05, 0) is 42.8 Å². The third-order valence-corrected chi connectivity index (χ3v) is 4.14. The molecule has 2 heterocycles. The SMILES string of the molecule is Fc1ccc(Nc2nc(C3=CCNCC3)nc3ccccc23)cc1F. The van der Waals surface area contributed by atoms with Gasteiger partial charge in [-0.15, -0.1) is 0 Å². The zero-order chi connectivity index (χ0) is 17.2. The Morgan fingerprint density at radius 1 is 1.00 bits per heavy atom. The smallest absolute Gasteiger partial charge is 0.160 e. The molecule has 0 radical (unpaired) electrons. The Morgan fingerprint density at radius 3 is 2.68 bits per heavy atom. The maximum absolute atomic E-state index is 13.5. The van der Waals surface area contributed by atoms with Gasteiger partial charge in [0.05, 0.1) is 5.52 Å². The maximum atomic E-state index is 13.5. The molecule has 1 aromatic heterocycles. The second-order valence-corrected chi connectivity index (χ2v) is 5.85. The van der Waals surface area contributed by atoms with Crippen LogP contribution in [0.4, 0.5) is 20.3 Å². The molecule has 0 aliphatic carbocycles. The van der Waals surface area contributed by atoms with E-state index in [0.29, 0.717) is 17.3 Å². The lowest BCUT2D eigenvalue weighted by Gasteiger charge is -2.15. The third kappa shape index (κ3) is 3.21. The number of hydrogen-bond acceptors (Lipinski definition) is 4. The van der Waals surface area contributed by atoms with Crippen molar-refractivity contribution in [2.45, 2.75) is 6.42 Å². The van der Waals surface area contributed by atoms with Crippen LogP contribution in [0.5, 0.6) is 0 Å². The second kappa shape index (κ2) is 6.57. The number of nitrogens with one attached hydrogen (secondary N) is 2. The van der Waals surface area contributed by atoms with E-state index in [-0.39, 0.29) is 0 Å². The van der Waals surface area contributed by atoms with E-state index in [9.17, 15) is 8.78 Å². The summed E-state index contributed by atoms with van der Waals surface area (Å²) in [6, 6.07) is 11.3. The largest absolute Gasteiger partial charge is 0.340 e. The first-order valence-corrected chi connectivity index (χ1v) is 8.10. The summed E-state index contributed by atoms with van der Waals surface area (Å²) < 4.78 is 26.7. The summed E-state index contributed by atoms with van der Waals surface area (Å²) in [5.41, 5.74) is 2.32. The van der Waals surface area contributed by atoms with Crippen LogP contribution in [-0.2, 0) is 0 Å². The highest BCUT2D eigenvalue weighted by atomic mass is 19.2. The van der Waals surface area contributed by atoms with E-state index in [2.05, 4.69) is 26.7 Å². The van der Waals surface area contributed by atoms with Gasteiger partial charge in [-0.25, -0.2) is 18.7 Å². The number of para-hydroxylation sites is 1. The molecule has 25 heavy (non-hydrogen) atoms. The minimum atomic E-state index is -0.898. The molecule has 0 spiro atoms. The van der Waals surface area contributed by atoms with Crippen molar-refractivity contribution in [3.8, 4) is 0 Å². The number of rotatable bonds is 3. The molecule has 0 atom stereocenters. The number of halogens is 2. The number of fused-ring (bicyclic) bond motifs is 1. The van der Waals surface area contributed by atoms with Crippen LogP contribution < -0.4 is 10.6 Å². The van der Waals surface area contributed by atoms with Crippen LogP contribution >= 0.6 is 0 Å². The molecular weight excluding hydrogens is 322 g/mol. The quantitative estimate of drug-likeness (QED) is 0.757. The lowest BCUT2D eigenvalue weighted by molar-refractivity contribution is 0.509. The summed E-state index contributed by atoms with van der Waals surface area (Å²) in [7, 11) is 0. The Hall–Kier alpha value is -2.86. The second-order valence-electron chi connectivity index (χ2n) is 5.85. The molecule has 2 aromatic carbocycles. The molecular formula is C19H16F2N4. The molecule has 0 fully saturated rings. The van der Waals surface area contributed by atoms with E-state index in [1.54, 1.807) is 0 Å². The number of hydrogen-bond donors (Lipinski definition) is 2. The first kappa shape index (κ1) is 15.7. The summed E-state index contributed by atoms with van der Waals surface area (Å²) in [6.45, 7) is 1.67. The summed E-state index contributed by atoms with van der Waals surface area (Å²) in [5.74, 6) is -0.542. The highest BCUT2D eigenvalue weighted by molar-refractivity contribution is 5.91. The molecule has 2 N–H and O–H groups in total. The third-order valence-electron chi connectivity index (χ3n) is 4.14. The molecule has 0 saturated heterocycles. The molecule has 0 unspecified atom stereocenters. The fraction of sp³-hybridized carbons (Fsp3) is 0.158. The summed E-state index contributed by atoms with van der Waals surface area (Å²) in [6.07, 6.45) is 2.93. The van der Waals surface area contributed by atoms with E-state index >= 15 is 0 Å². The van der Waals surface area contributed by atoms with Crippen molar-refractivity contribution in [2.24, 2.45) is 0 Å². The monoisotopic (exact) mass is 338 g/mol. The van der Waals surface area contributed by atoms with Crippen molar-refractivity contribution in [2.75, 3.05) is 18.4 Å². The lowest BCUT2D eigenvalue weighted by atomic mass is 10.1. The lowest BCUT2D eigenvalue weighted by Crippen LogP contribution is -2.20. The van der Waals surface area contributed by atoms with E-state index < -0.39 is 11.6 Å². The molecule has 0 saturated carbocycles. The Bertz CT molecular complexity index is 969. The average molecular weight is 338 g/mol.